The van der Waals surface area contributed by atoms with Crippen molar-refractivity contribution < 1.29 is 9.94 Å². The molecule has 0 amide bonds. The molecule has 1 fully saturated rings. The number of likely N-dealkylation sites (tertiary alicyclic amines) is 1. The van der Waals surface area contributed by atoms with E-state index in [0.29, 0.717) is 12.0 Å². The van der Waals surface area contributed by atoms with Crippen molar-refractivity contribution in [2.75, 3.05) is 26.8 Å². The minimum Gasteiger partial charge on any atom is -0.411 e. The summed E-state index contributed by atoms with van der Waals surface area (Å²) >= 11 is 0. The van der Waals surface area contributed by atoms with Crippen molar-refractivity contribution >= 4 is 5.71 Å². The molecular weight excluding hydrogens is 180 g/mol. The van der Waals surface area contributed by atoms with E-state index in [1.165, 1.54) is 0 Å². The first kappa shape index (κ1) is 11.5. The maximum atomic E-state index is 8.73. The fourth-order valence-corrected chi connectivity index (χ4v) is 1.95. The Labute approximate surface area is 85.5 Å². The molecule has 0 saturated carbocycles. The smallest absolute Gasteiger partial charge is 0.0624 e. The number of ether oxygens (including phenoxy) is 1. The molecule has 1 heterocycles. The second-order valence-electron chi connectivity index (χ2n) is 4.04. The van der Waals surface area contributed by atoms with Crippen LogP contribution in [-0.4, -0.2) is 48.7 Å². The second kappa shape index (κ2) is 5.32. The van der Waals surface area contributed by atoms with E-state index in [0.717, 1.165) is 31.8 Å². The van der Waals surface area contributed by atoms with Gasteiger partial charge in [-0.2, -0.15) is 0 Å². The zero-order valence-corrected chi connectivity index (χ0v) is 9.23. The quantitative estimate of drug-likeness (QED) is 0.550. The predicted molar refractivity (Wildman–Crippen MR) is 55.9 cm³/mol. The lowest BCUT2D eigenvalue weighted by molar-refractivity contribution is 0.0903. The summed E-state index contributed by atoms with van der Waals surface area (Å²) in [7, 11) is 1.73. The van der Waals surface area contributed by atoms with E-state index in [-0.39, 0.29) is 0 Å². The first-order valence-corrected chi connectivity index (χ1v) is 5.12. The molecule has 4 nitrogen and oxygen atoms in total. The van der Waals surface area contributed by atoms with Crippen LogP contribution in [0.4, 0.5) is 0 Å². The van der Waals surface area contributed by atoms with Crippen molar-refractivity contribution in [2.45, 2.75) is 26.3 Å². The Morgan fingerprint density at radius 1 is 1.71 bits per heavy atom. The molecule has 0 aromatic carbocycles. The number of methoxy groups -OCH3 is 1. The molecule has 1 saturated heterocycles. The number of nitrogens with zero attached hydrogens (tertiary/aromatic N) is 2. The third-order valence-electron chi connectivity index (χ3n) is 2.89. The highest BCUT2D eigenvalue weighted by atomic mass is 16.5. The van der Waals surface area contributed by atoms with Gasteiger partial charge in [-0.1, -0.05) is 12.1 Å². The van der Waals surface area contributed by atoms with E-state index >= 15 is 0 Å². The lowest BCUT2D eigenvalue weighted by Crippen LogP contribution is -2.46. The Morgan fingerprint density at radius 3 is 2.93 bits per heavy atom. The molecule has 82 valence electrons. The lowest BCUT2D eigenvalue weighted by atomic mass is 9.96. The van der Waals surface area contributed by atoms with E-state index in [1.54, 1.807) is 7.11 Å². The summed E-state index contributed by atoms with van der Waals surface area (Å²) in [5.41, 5.74) is 0.922. The number of oxime groups is 1. The Bertz CT molecular complexity index is 206. The third-order valence-corrected chi connectivity index (χ3v) is 2.89. The van der Waals surface area contributed by atoms with Gasteiger partial charge in [0.25, 0.3) is 0 Å². The number of piperidine rings is 1. The number of rotatable bonds is 3. The van der Waals surface area contributed by atoms with Crippen LogP contribution < -0.4 is 0 Å². The molecule has 2 atom stereocenters. The van der Waals surface area contributed by atoms with Gasteiger partial charge in [0.1, 0.15) is 0 Å². The molecule has 0 spiro atoms. The second-order valence-corrected chi connectivity index (χ2v) is 4.04. The van der Waals surface area contributed by atoms with Gasteiger partial charge in [0.05, 0.1) is 12.3 Å². The van der Waals surface area contributed by atoms with Crippen molar-refractivity contribution in [3.05, 3.63) is 0 Å². The molecule has 0 aromatic rings. The minimum absolute atomic E-state index is 0.355. The summed E-state index contributed by atoms with van der Waals surface area (Å²) in [6.45, 7) is 6.95. The van der Waals surface area contributed by atoms with Crippen LogP contribution in [0.1, 0.15) is 20.3 Å². The maximum absolute atomic E-state index is 8.73. The molecule has 0 radical (unpaired) electrons. The zero-order chi connectivity index (χ0) is 10.6. The van der Waals surface area contributed by atoms with Crippen LogP contribution in [0.5, 0.6) is 0 Å². The third kappa shape index (κ3) is 2.69. The van der Waals surface area contributed by atoms with Gasteiger partial charge in [0, 0.05) is 38.6 Å². The van der Waals surface area contributed by atoms with E-state index in [1.807, 2.05) is 0 Å². The molecule has 1 aliphatic rings. The summed E-state index contributed by atoms with van der Waals surface area (Å²) in [6, 6.07) is 0.447. The highest BCUT2D eigenvalue weighted by Crippen LogP contribution is 2.16. The summed E-state index contributed by atoms with van der Waals surface area (Å²) < 4.78 is 5.12. The van der Waals surface area contributed by atoms with Crippen LogP contribution in [-0.2, 0) is 4.74 Å². The van der Waals surface area contributed by atoms with Gasteiger partial charge in [-0.25, -0.2) is 0 Å². The van der Waals surface area contributed by atoms with Gasteiger partial charge < -0.3 is 9.94 Å². The molecular formula is C10H20N2O2. The first-order chi connectivity index (χ1) is 6.69. The molecule has 14 heavy (non-hydrogen) atoms. The van der Waals surface area contributed by atoms with E-state index in [9.17, 15) is 0 Å². The molecule has 0 aromatic heterocycles. The average molecular weight is 200 g/mol. The highest BCUT2D eigenvalue weighted by Gasteiger charge is 2.25. The van der Waals surface area contributed by atoms with Gasteiger partial charge in [-0.05, 0) is 6.92 Å². The molecule has 4 heteroatoms. The Kier molecular flexibility index (Phi) is 4.35. The largest absolute Gasteiger partial charge is 0.411 e. The molecule has 2 unspecified atom stereocenters. The van der Waals surface area contributed by atoms with Crippen LogP contribution in [0, 0.1) is 5.92 Å². The Balaban J connectivity index is 2.45. The molecule has 1 rings (SSSR count). The number of hydrogen-bond acceptors (Lipinski definition) is 4. The number of hydrogen-bond donors (Lipinski definition) is 1. The fraction of sp³-hybridized carbons (Fsp3) is 0.900. The predicted octanol–water partition coefficient (Wildman–Crippen LogP) is 1.19. The molecule has 1 aliphatic heterocycles. The van der Waals surface area contributed by atoms with Crippen LogP contribution >= 0.6 is 0 Å². The van der Waals surface area contributed by atoms with Gasteiger partial charge in [-0.3, -0.25) is 4.90 Å². The van der Waals surface area contributed by atoms with Crippen molar-refractivity contribution in [1.82, 2.24) is 4.90 Å². The average Bonchev–Trinajstić information content (AvgIpc) is 2.18. The van der Waals surface area contributed by atoms with Crippen LogP contribution in [0.15, 0.2) is 5.16 Å². The maximum Gasteiger partial charge on any atom is 0.0624 e. The Morgan fingerprint density at radius 2 is 2.43 bits per heavy atom. The SMILES string of the molecule is COCC(C)N1CC/C(=N/O)C(C)C1. The summed E-state index contributed by atoms with van der Waals surface area (Å²) in [6.07, 6.45) is 0.867. The van der Waals surface area contributed by atoms with Crippen LogP contribution in [0.2, 0.25) is 0 Å². The van der Waals surface area contributed by atoms with Gasteiger partial charge in [-0.15, -0.1) is 0 Å². The monoisotopic (exact) mass is 200 g/mol. The summed E-state index contributed by atoms with van der Waals surface area (Å²) in [4.78, 5) is 2.38. The zero-order valence-electron chi connectivity index (χ0n) is 9.23. The van der Waals surface area contributed by atoms with Crippen molar-refractivity contribution in [3.63, 3.8) is 0 Å². The van der Waals surface area contributed by atoms with Crippen molar-refractivity contribution in [1.29, 1.82) is 0 Å². The van der Waals surface area contributed by atoms with Crippen molar-refractivity contribution in [3.8, 4) is 0 Å². The standard InChI is InChI=1S/C10H20N2O2/c1-8-6-12(9(2)7-14-3)5-4-10(8)11-13/h8-9,13H,4-7H2,1-3H3/b11-10-. The van der Waals surface area contributed by atoms with Crippen LogP contribution in [0.3, 0.4) is 0 Å². The van der Waals surface area contributed by atoms with Crippen LogP contribution in [0.25, 0.3) is 0 Å². The molecule has 0 bridgehead atoms. The van der Waals surface area contributed by atoms with Crippen molar-refractivity contribution in [2.24, 2.45) is 11.1 Å². The molecule has 0 aliphatic carbocycles. The van der Waals surface area contributed by atoms with E-state index in [2.05, 4.69) is 23.9 Å². The lowest BCUT2D eigenvalue weighted by Gasteiger charge is -2.35. The topological polar surface area (TPSA) is 45.1 Å². The van der Waals surface area contributed by atoms with E-state index < -0.39 is 0 Å². The molecule has 1 N–H and O–H groups in total. The van der Waals surface area contributed by atoms with Gasteiger partial charge in [0.2, 0.25) is 0 Å². The highest BCUT2D eigenvalue weighted by molar-refractivity contribution is 5.86. The first-order valence-electron chi connectivity index (χ1n) is 5.12. The van der Waals surface area contributed by atoms with Gasteiger partial charge >= 0.3 is 0 Å². The van der Waals surface area contributed by atoms with Gasteiger partial charge in [0.15, 0.2) is 0 Å². The summed E-state index contributed by atoms with van der Waals surface area (Å²) in [5.74, 6) is 0.355. The van der Waals surface area contributed by atoms with E-state index in [4.69, 9.17) is 9.94 Å². The normalized spacial score (nSPS) is 29.4. The summed E-state index contributed by atoms with van der Waals surface area (Å²) in [5, 5.41) is 12.1. The Hall–Kier alpha value is -0.610. The fourth-order valence-electron chi connectivity index (χ4n) is 1.95. The minimum atomic E-state index is 0.355.